The van der Waals surface area contributed by atoms with Crippen LogP contribution in [0.3, 0.4) is 0 Å². The molecule has 2 aliphatic heterocycles. The summed E-state index contributed by atoms with van der Waals surface area (Å²) in [5.41, 5.74) is 0. The smallest absolute Gasteiger partial charge is 0.135 e. The van der Waals surface area contributed by atoms with Gasteiger partial charge in [0.2, 0.25) is 0 Å². The summed E-state index contributed by atoms with van der Waals surface area (Å²) < 4.78 is 0. The molecule has 2 heterocycles. The summed E-state index contributed by atoms with van der Waals surface area (Å²) in [6.45, 7) is 8.20. The van der Waals surface area contributed by atoms with Crippen LogP contribution in [0.15, 0.2) is 0 Å². The van der Waals surface area contributed by atoms with Crippen molar-refractivity contribution in [2.75, 3.05) is 0 Å². The standard InChI is InChI=1S/2C7H13NO.2ClH/c2*1-5-3-7(9)4-6(2)8-5;;/h2*5-6,8H,3-4H2,1-2H3;2*1H/t2*5-,6-;;/m10../s1. The van der Waals surface area contributed by atoms with Crippen molar-refractivity contribution in [1.82, 2.24) is 10.6 Å². The van der Waals surface area contributed by atoms with E-state index in [0.717, 1.165) is 0 Å². The highest BCUT2D eigenvalue weighted by atomic mass is 35.5. The van der Waals surface area contributed by atoms with Crippen molar-refractivity contribution in [2.24, 2.45) is 0 Å². The van der Waals surface area contributed by atoms with Crippen molar-refractivity contribution in [2.45, 2.75) is 77.5 Å². The van der Waals surface area contributed by atoms with Gasteiger partial charge >= 0.3 is 0 Å². The quantitative estimate of drug-likeness (QED) is 0.717. The van der Waals surface area contributed by atoms with Crippen molar-refractivity contribution in [3.8, 4) is 0 Å². The zero-order valence-electron chi connectivity index (χ0n) is 12.8. The maximum atomic E-state index is 10.8. The van der Waals surface area contributed by atoms with Gasteiger partial charge in [0, 0.05) is 49.9 Å². The summed E-state index contributed by atoms with van der Waals surface area (Å²) in [6.07, 6.45) is 2.85. The van der Waals surface area contributed by atoms with E-state index in [4.69, 9.17) is 0 Å². The van der Waals surface area contributed by atoms with Gasteiger partial charge in [0.05, 0.1) is 0 Å². The van der Waals surface area contributed by atoms with Crippen LogP contribution in [0, 0.1) is 0 Å². The van der Waals surface area contributed by atoms with Crippen molar-refractivity contribution in [3.05, 3.63) is 0 Å². The molecule has 2 fully saturated rings. The number of hydrogen-bond donors (Lipinski definition) is 2. The van der Waals surface area contributed by atoms with Crippen LogP contribution in [0.25, 0.3) is 0 Å². The van der Waals surface area contributed by atoms with Crippen molar-refractivity contribution in [1.29, 1.82) is 0 Å². The average molecular weight is 327 g/mol. The molecule has 20 heavy (non-hydrogen) atoms. The van der Waals surface area contributed by atoms with E-state index in [1.807, 2.05) is 27.7 Å². The van der Waals surface area contributed by atoms with E-state index >= 15 is 0 Å². The Morgan fingerprint density at radius 2 is 0.850 bits per heavy atom. The first kappa shape index (κ1) is 22.1. The molecule has 2 rings (SSSR count). The third-order valence-electron chi connectivity index (χ3n) is 3.27. The SMILES string of the molecule is C[C@@H]1CC(=O)C[C@@H](C)N1.C[C@H]1CC(=O)C[C@H](C)N1.Cl.Cl. The lowest BCUT2D eigenvalue weighted by molar-refractivity contribution is -0.122. The van der Waals surface area contributed by atoms with E-state index in [1.165, 1.54) is 0 Å². The van der Waals surface area contributed by atoms with Crippen LogP contribution in [-0.2, 0) is 9.59 Å². The van der Waals surface area contributed by atoms with Crippen molar-refractivity contribution >= 4 is 36.4 Å². The molecule has 0 spiro atoms. The summed E-state index contributed by atoms with van der Waals surface area (Å²) >= 11 is 0. The average Bonchev–Trinajstić information content (AvgIpc) is 2.12. The number of hydrogen-bond acceptors (Lipinski definition) is 4. The first-order valence-electron chi connectivity index (χ1n) is 6.92. The van der Waals surface area contributed by atoms with E-state index in [9.17, 15) is 9.59 Å². The molecule has 0 bridgehead atoms. The highest BCUT2D eigenvalue weighted by molar-refractivity contribution is 5.85. The Morgan fingerprint density at radius 1 is 0.650 bits per heavy atom. The molecule has 2 aliphatic rings. The molecule has 0 amide bonds. The zero-order valence-corrected chi connectivity index (χ0v) is 14.4. The molecule has 0 aliphatic carbocycles. The van der Waals surface area contributed by atoms with Gasteiger partial charge in [-0.15, -0.1) is 24.8 Å². The van der Waals surface area contributed by atoms with Gasteiger partial charge in [-0.25, -0.2) is 0 Å². The Bertz CT molecular complexity index is 260. The van der Waals surface area contributed by atoms with E-state index in [-0.39, 0.29) is 24.8 Å². The van der Waals surface area contributed by atoms with Gasteiger partial charge in [-0.1, -0.05) is 0 Å². The Kier molecular flexibility index (Phi) is 11.7. The van der Waals surface area contributed by atoms with Crippen LogP contribution in [0.5, 0.6) is 0 Å². The molecule has 4 nitrogen and oxygen atoms in total. The predicted molar refractivity (Wildman–Crippen MR) is 87.1 cm³/mol. The Balaban J connectivity index is 0. The van der Waals surface area contributed by atoms with Gasteiger partial charge in [0.25, 0.3) is 0 Å². The molecular formula is C14H28Cl2N2O2. The van der Waals surface area contributed by atoms with Gasteiger partial charge in [-0.2, -0.15) is 0 Å². The second-order valence-corrected chi connectivity index (χ2v) is 5.83. The fraction of sp³-hybridized carbons (Fsp3) is 0.857. The highest BCUT2D eigenvalue weighted by Crippen LogP contribution is 2.08. The number of rotatable bonds is 0. The summed E-state index contributed by atoms with van der Waals surface area (Å²) in [4.78, 5) is 21.7. The number of piperidine rings is 2. The zero-order chi connectivity index (χ0) is 13.7. The molecule has 0 radical (unpaired) electrons. The fourth-order valence-electron chi connectivity index (χ4n) is 2.74. The minimum atomic E-state index is 0. The Labute approximate surface area is 134 Å². The normalized spacial score (nSPS) is 33.2. The lowest BCUT2D eigenvalue weighted by atomic mass is 10.00. The lowest BCUT2D eigenvalue weighted by Crippen LogP contribution is -2.42. The van der Waals surface area contributed by atoms with Crippen molar-refractivity contribution in [3.63, 3.8) is 0 Å². The van der Waals surface area contributed by atoms with Crippen LogP contribution in [-0.4, -0.2) is 35.7 Å². The molecule has 0 aromatic heterocycles. The maximum Gasteiger partial charge on any atom is 0.135 e. The van der Waals surface area contributed by atoms with E-state index in [1.54, 1.807) is 0 Å². The Morgan fingerprint density at radius 3 is 1.00 bits per heavy atom. The highest BCUT2D eigenvalue weighted by Gasteiger charge is 2.20. The molecule has 0 aromatic carbocycles. The van der Waals surface area contributed by atoms with Gasteiger partial charge in [0.1, 0.15) is 11.6 Å². The monoisotopic (exact) mass is 326 g/mol. The molecule has 2 saturated heterocycles. The second kappa shape index (κ2) is 10.6. The molecule has 0 saturated carbocycles. The van der Waals surface area contributed by atoms with Crippen LogP contribution in [0.2, 0.25) is 0 Å². The number of halogens is 2. The molecular weight excluding hydrogens is 299 g/mol. The third-order valence-corrected chi connectivity index (χ3v) is 3.27. The summed E-state index contributed by atoms with van der Waals surface area (Å²) in [5.74, 6) is 0.794. The third kappa shape index (κ3) is 8.90. The molecule has 0 aromatic rings. The molecule has 0 unspecified atom stereocenters. The number of carbonyl (C=O) groups is 2. The molecule has 4 atom stereocenters. The van der Waals surface area contributed by atoms with Crippen LogP contribution in [0.1, 0.15) is 53.4 Å². The minimum Gasteiger partial charge on any atom is -0.311 e. The topological polar surface area (TPSA) is 58.2 Å². The summed E-state index contributed by atoms with van der Waals surface area (Å²) in [5, 5.41) is 6.58. The van der Waals surface area contributed by atoms with Gasteiger partial charge in [-0.3, -0.25) is 9.59 Å². The lowest BCUT2D eigenvalue weighted by Gasteiger charge is -2.24. The summed E-state index contributed by atoms with van der Waals surface area (Å²) in [6, 6.07) is 1.56. The first-order chi connectivity index (χ1) is 8.36. The first-order valence-corrected chi connectivity index (χ1v) is 6.92. The second-order valence-electron chi connectivity index (χ2n) is 5.83. The predicted octanol–water partition coefficient (Wildman–Crippen LogP) is 2.28. The number of Topliss-reactive ketones (excluding diaryl/α,β-unsaturated/α-hetero) is 2. The number of nitrogens with one attached hydrogen (secondary N) is 2. The van der Waals surface area contributed by atoms with E-state index in [0.29, 0.717) is 61.4 Å². The van der Waals surface area contributed by atoms with Crippen molar-refractivity contribution < 1.29 is 9.59 Å². The molecule has 6 heteroatoms. The van der Waals surface area contributed by atoms with Gasteiger partial charge < -0.3 is 10.6 Å². The number of carbonyl (C=O) groups excluding carboxylic acids is 2. The minimum absolute atomic E-state index is 0. The molecule has 2 N–H and O–H groups in total. The molecule has 120 valence electrons. The van der Waals surface area contributed by atoms with Crippen LogP contribution < -0.4 is 10.6 Å². The summed E-state index contributed by atoms with van der Waals surface area (Å²) in [7, 11) is 0. The largest absolute Gasteiger partial charge is 0.311 e. The fourth-order valence-corrected chi connectivity index (χ4v) is 2.74. The maximum absolute atomic E-state index is 10.8. The Hall–Kier alpha value is -0.160. The van der Waals surface area contributed by atoms with Gasteiger partial charge in [0.15, 0.2) is 0 Å². The van der Waals surface area contributed by atoms with Crippen LogP contribution in [0.4, 0.5) is 0 Å². The van der Waals surface area contributed by atoms with Crippen LogP contribution >= 0.6 is 24.8 Å². The number of ketones is 2. The van der Waals surface area contributed by atoms with Gasteiger partial charge in [-0.05, 0) is 27.7 Å². The van der Waals surface area contributed by atoms with E-state index in [2.05, 4.69) is 10.6 Å². The van der Waals surface area contributed by atoms with E-state index < -0.39 is 0 Å².